The molecule has 9 N–H and O–H groups in total. The number of aromatic nitrogens is 8. The molecule has 0 fully saturated rings. The molecule has 0 spiro atoms. The molecule has 52 heavy (non-hydrogen) atoms. The Morgan fingerprint density at radius 1 is 0.788 bits per heavy atom. The smallest absolute Gasteiger partial charge is 0.382 e. The van der Waals surface area contributed by atoms with Crippen LogP contribution in [0.1, 0.15) is 24.9 Å². The maximum absolute atomic E-state index is 15.0. The van der Waals surface area contributed by atoms with Gasteiger partial charge in [-0.25, -0.2) is 28.6 Å². The van der Waals surface area contributed by atoms with Crippen molar-refractivity contribution in [2.24, 2.45) is 0 Å². The van der Waals surface area contributed by atoms with Gasteiger partial charge < -0.3 is 49.6 Å². The summed E-state index contributed by atoms with van der Waals surface area (Å²) < 4.78 is 101. The van der Waals surface area contributed by atoms with Gasteiger partial charge in [0.2, 0.25) is 5.95 Å². The van der Waals surface area contributed by atoms with Crippen molar-refractivity contribution in [3.05, 3.63) is 53.6 Å². The monoisotopic (exact) mass is 814 g/mol. The summed E-state index contributed by atoms with van der Waals surface area (Å²) in [7, 11) is -25.0. The first kappa shape index (κ1) is 38.2. The topological polar surface area (TPSA) is 345 Å². The first-order valence-electron chi connectivity index (χ1n) is 14.5. The lowest BCUT2D eigenvalue weighted by molar-refractivity contribution is 0.0875. The second-order valence-corrected chi connectivity index (χ2v) is 19.3. The van der Waals surface area contributed by atoms with Crippen LogP contribution in [0.4, 0.5) is 20.5 Å². The molecule has 282 valence electrons. The molecule has 0 saturated carbocycles. The van der Waals surface area contributed by atoms with Crippen molar-refractivity contribution in [2.75, 3.05) is 24.2 Å². The molecule has 0 amide bonds. The van der Waals surface area contributed by atoms with Crippen LogP contribution in [-0.4, -0.2) is 88.9 Å². The van der Waals surface area contributed by atoms with E-state index in [4.69, 9.17) is 20.9 Å². The molecule has 6 rings (SSSR count). The highest BCUT2D eigenvalue weighted by Crippen LogP contribution is 2.81. The standard InChI is InChI=1S/C23H28F2N10O13P4/c24-23(25,51(41,42)47-49(37,38)10-45-14-3-1-12(5-14)34-8-30-16-18(26)28-7-29-19(16)34)52(43,44)48-50(39,40)11-46-15-4-2-13(6-15)35-9-31-17-20(35)32-22(27)33-21(17)36/h1-4,7-9,12-15H,5-6,10-11H2,(H,37,38)(H,39,40)(H,41,42)(H,43,44)(H2,26,28,29)(H3,27,32,33,36). The van der Waals surface area contributed by atoms with Gasteiger partial charge in [-0.2, -0.15) is 13.8 Å². The van der Waals surface area contributed by atoms with E-state index in [0.29, 0.717) is 11.2 Å². The lowest BCUT2D eigenvalue weighted by Crippen LogP contribution is -2.21. The molecule has 29 heteroatoms. The first-order chi connectivity index (χ1) is 24.2. The third-order valence-corrected chi connectivity index (χ3v) is 15.3. The molecule has 2 aliphatic carbocycles. The van der Waals surface area contributed by atoms with E-state index < -0.39 is 78.3 Å². The minimum Gasteiger partial charge on any atom is -0.382 e. The second kappa shape index (κ2) is 13.7. The minimum absolute atomic E-state index is 0.0160. The van der Waals surface area contributed by atoms with Crippen molar-refractivity contribution >= 4 is 64.5 Å². The summed E-state index contributed by atoms with van der Waals surface area (Å²) in [4.78, 5) is 74.3. The van der Waals surface area contributed by atoms with E-state index >= 15 is 0 Å². The van der Waals surface area contributed by atoms with Crippen LogP contribution in [0.15, 0.2) is 48.1 Å². The average Bonchev–Trinajstić information content (AvgIpc) is 3.84. The van der Waals surface area contributed by atoms with Crippen LogP contribution in [-0.2, 0) is 36.4 Å². The van der Waals surface area contributed by atoms with E-state index in [0.717, 1.165) is 0 Å². The van der Waals surface area contributed by atoms with Crippen molar-refractivity contribution in [1.82, 2.24) is 39.0 Å². The Bertz CT molecular complexity index is 2350. The molecule has 23 nitrogen and oxygen atoms in total. The lowest BCUT2D eigenvalue weighted by Gasteiger charge is -2.28. The molecule has 0 saturated heterocycles. The number of hydrogen-bond acceptors (Lipinski definition) is 16. The Balaban J connectivity index is 1.02. The predicted octanol–water partition coefficient (Wildman–Crippen LogP) is 2.14. The highest BCUT2D eigenvalue weighted by atomic mass is 31.3. The molecule has 2 aliphatic rings. The Morgan fingerprint density at radius 3 is 1.83 bits per heavy atom. The largest absolute Gasteiger partial charge is 0.444 e. The van der Waals surface area contributed by atoms with Gasteiger partial charge in [-0.05, 0) is 0 Å². The summed E-state index contributed by atoms with van der Waals surface area (Å²) in [6.07, 6.45) is 5.13. The van der Waals surface area contributed by atoms with Gasteiger partial charge in [-0.15, -0.1) is 0 Å². The average molecular weight is 814 g/mol. The Hall–Kier alpha value is -3.56. The van der Waals surface area contributed by atoms with Gasteiger partial charge in [0.15, 0.2) is 22.6 Å². The van der Waals surface area contributed by atoms with Gasteiger partial charge in [-0.1, -0.05) is 24.3 Å². The number of imidazole rings is 2. The van der Waals surface area contributed by atoms with E-state index in [-0.39, 0.29) is 35.8 Å². The Labute approximate surface area is 288 Å². The number of fused-ring (bicyclic) bond motifs is 2. The van der Waals surface area contributed by atoms with Crippen LogP contribution < -0.4 is 17.0 Å². The quantitative estimate of drug-likeness (QED) is 0.0708. The zero-order valence-corrected chi connectivity index (χ0v) is 29.6. The summed E-state index contributed by atoms with van der Waals surface area (Å²) in [6, 6.07) is -1.04. The van der Waals surface area contributed by atoms with Gasteiger partial charge in [0.25, 0.3) is 5.56 Å². The van der Waals surface area contributed by atoms with Crippen molar-refractivity contribution in [1.29, 1.82) is 0 Å². The van der Waals surface area contributed by atoms with Crippen molar-refractivity contribution in [2.45, 2.75) is 42.5 Å². The number of hydrogen-bond donors (Lipinski definition) is 7. The molecular formula is C23H28F2N10O13P4. The van der Waals surface area contributed by atoms with Crippen LogP contribution in [0.25, 0.3) is 22.3 Å². The third kappa shape index (κ3) is 7.58. The summed E-state index contributed by atoms with van der Waals surface area (Å²) in [5.74, 6) is -0.0679. The van der Waals surface area contributed by atoms with E-state index in [1.807, 2.05) is 0 Å². The second-order valence-electron chi connectivity index (χ2n) is 11.4. The highest BCUT2D eigenvalue weighted by Gasteiger charge is 2.69. The molecule has 0 aromatic carbocycles. The molecule has 0 radical (unpaired) electrons. The summed E-state index contributed by atoms with van der Waals surface area (Å²) >= 11 is 0. The number of H-pyrrole nitrogens is 1. The van der Waals surface area contributed by atoms with Crippen molar-refractivity contribution in [3.63, 3.8) is 0 Å². The molecule has 4 aromatic heterocycles. The molecule has 8 atom stereocenters. The number of nitrogens with two attached hydrogens (primary N) is 2. The van der Waals surface area contributed by atoms with E-state index in [1.54, 1.807) is 10.6 Å². The number of aromatic amines is 1. The molecule has 4 aromatic rings. The number of nitrogen functional groups attached to an aromatic ring is 2. The van der Waals surface area contributed by atoms with Crippen LogP contribution in [0.2, 0.25) is 0 Å². The Morgan fingerprint density at radius 2 is 1.29 bits per heavy atom. The van der Waals surface area contributed by atoms with Gasteiger partial charge in [0, 0.05) is 12.8 Å². The maximum atomic E-state index is 15.0. The number of anilines is 2. The van der Waals surface area contributed by atoms with Crippen LogP contribution in [0.5, 0.6) is 0 Å². The first-order valence-corrected chi connectivity index (χ1v) is 21.2. The van der Waals surface area contributed by atoms with E-state index in [9.17, 15) is 51.4 Å². The van der Waals surface area contributed by atoms with E-state index in [1.165, 1.54) is 41.8 Å². The summed E-state index contributed by atoms with van der Waals surface area (Å²) in [6.45, 7) is 0. The Kier molecular flexibility index (Phi) is 10.1. The van der Waals surface area contributed by atoms with Gasteiger partial charge in [-0.3, -0.25) is 28.0 Å². The van der Waals surface area contributed by atoms with Crippen LogP contribution in [0, 0.1) is 0 Å². The number of ether oxygens (including phenoxy) is 2. The number of halogens is 2. The fourth-order valence-corrected chi connectivity index (χ4v) is 11.9. The fourth-order valence-electron chi connectivity index (χ4n) is 5.28. The molecule has 0 bridgehead atoms. The van der Waals surface area contributed by atoms with E-state index in [2.05, 4.69) is 38.5 Å². The molecule has 8 unspecified atom stereocenters. The summed E-state index contributed by atoms with van der Waals surface area (Å²) in [5.41, 5.74) is 11.5. The fraction of sp³-hybridized carbons (Fsp3) is 0.391. The number of rotatable bonds is 14. The third-order valence-electron chi connectivity index (χ3n) is 7.66. The highest BCUT2D eigenvalue weighted by molar-refractivity contribution is 7.79. The maximum Gasteiger partial charge on any atom is 0.444 e. The van der Waals surface area contributed by atoms with Gasteiger partial charge in [0.05, 0.1) is 36.9 Å². The van der Waals surface area contributed by atoms with Crippen LogP contribution >= 0.6 is 30.4 Å². The van der Waals surface area contributed by atoms with Crippen LogP contribution in [0.3, 0.4) is 0 Å². The molecule has 4 heterocycles. The van der Waals surface area contributed by atoms with Crippen molar-refractivity contribution in [3.8, 4) is 0 Å². The van der Waals surface area contributed by atoms with Gasteiger partial charge >= 0.3 is 35.8 Å². The zero-order chi connectivity index (χ0) is 37.9. The number of allylic oxidation sites excluding steroid dienone is 2. The minimum atomic E-state index is -6.93. The van der Waals surface area contributed by atoms with Gasteiger partial charge in [0.1, 0.15) is 24.5 Å². The normalized spacial score (nSPS) is 25.3. The lowest BCUT2D eigenvalue weighted by atomic mass is 10.2. The molecular weight excluding hydrogens is 786 g/mol. The predicted molar refractivity (Wildman–Crippen MR) is 174 cm³/mol. The zero-order valence-electron chi connectivity index (χ0n) is 26.0. The molecule has 0 aliphatic heterocycles. The number of nitrogens with one attached hydrogen (secondary N) is 1. The number of alkyl halides is 2. The summed E-state index contributed by atoms with van der Waals surface area (Å²) in [5, 5.41) is -5.89. The number of nitrogens with zero attached hydrogens (tertiary/aromatic N) is 7. The SMILES string of the molecule is Nc1nc2c(ncn2C2C=CC(OCP(=O)(O)OP(=O)(O)C(F)(F)P(=O)(O)OP(=O)(O)COC3C=CC(n4cnc5c(N)ncnc54)C3)C2)c(=O)[nH]1. The van der Waals surface area contributed by atoms with Crippen molar-refractivity contribution < 1.29 is 64.7 Å².